The van der Waals surface area contributed by atoms with E-state index < -0.39 is 0 Å². The third-order valence-electron chi connectivity index (χ3n) is 1.73. The fraction of sp³-hybridized carbons (Fsp3) is 0.333. The van der Waals surface area contributed by atoms with Gasteiger partial charge in [0, 0.05) is 8.95 Å². The third-order valence-corrected chi connectivity index (χ3v) is 3.81. The molecule has 1 N–H and O–H groups in total. The Kier molecular flexibility index (Phi) is 3.75. The summed E-state index contributed by atoms with van der Waals surface area (Å²) in [6.07, 6.45) is 0.353. The lowest BCUT2D eigenvalue weighted by molar-refractivity contribution is 0.173. The van der Waals surface area contributed by atoms with Gasteiger partial charge in [0.2, 0.25) is 0 Å². The van der Waals surface area contributed by atoms with Crippen LogP contribution in [0.2, 0.25) is 0 Å². The topological polar surface area (TPSA) is 20.2 Å². The highest BCUT2D eigenvalue weighted by Gasteiger charge is 2.10. The molecule has 0 bridgehead atoms. The Morgan fingerprint density at radius 2 is 2.08 bits per heavy atom. The van der Waals surface area contributed by atoms with Gasteiger partial charge in [-0.1, -0.05) is 19.1 Å². The molecular weight excluding hydrogens is 284 g/mol. The molecular formula is C9H10Br2O. The van der Waals surface area contributed by atoms with Gasteiger partial charge in [-0.25, -0.2) is 0 Å². The van der Waals surface area contributed by atoms with Gasteiger partial charge in [-0.3, -0.25) is 0 Å². The third kappa shape index (κ3) is 2.09. The molecule has 0 aliphatic heterocycles. The number of aliphatic hydroxyl groups excluding tert-OH is 1. The largest absolute Gasteiger partial charge is 0.388 e. The highest BCUT2D eigenvalue weighted by molar-refractivity contribution is 9.13. The molecule has 66 valence electrons. The lowest BCUT2D eigenvalue weighted by atomic mass is 10.1. The average Bonchev–Trinajstić information content (AvgIpc) is 2.08. The zero-order chi connectivity index (χ0) is 9.14. The molecule has 1 nitrogen and oxygen atoms in total. The van der Waals surface area contributed by atoms with Crippen LogP contribution in [0.1, 0.15) is 25.0 Å². The van der Waals surface area contributed by atoms with Crippen molar-refractivity contribution in [2.24, 2.45) is 0 Å². The van der Waals surface area contributed by atoms with Crippen LogP contribution in [0.15, 0.2) is 27.1 Å². The lowest BCUT2D eigenvalue weighted by Gasteiger charge is -2.10. The molecule has 0 amide bonds. The molecule has 0 radical (unpaired) electrons. The Balaban J connectivity index is 3.07. The summed E-state index contributed by atoms with van der Waals surface area (Å²) in [5, 5.41) is 9.58. The monoisotopic (exact) mass is 292 g/mol. The molecule has 0 saturated heterocycles. The van der Waals surface area contributed by atoms with Gasteiger partial charge >= 0.3 is 0 Å². The van der Waals surface area contributed by atoms with Crippen molar-refractivity contribution < 1.29 is 5.11 Å². The molecule has 1 atom stereocenters. The molecule has 1 aromatic rings. The summed E-state index contributed by atoms with van der Waals surface area (Å²) in [4.78, 5) is 0. The van der Waals surface area contributed by atoms with Gasteiger partial charge < -0.3 is 5.11 Å². The molecule has 0 saturated carbocycles. The van der Waals surface area contributed by atoms with E-state index in [1.165, 1.54) is 0 Å². The number of aliphatic hydroxyl groups is 1. The van der Waals surface area contributed by atoms with E-state index in [9.17, 15) is 5.11 Å². The predicted molar refractivity (Wildman–Crippen MR) is 57.1 cm³/mol. The molecule has 1 rings (SSSR count). The van der Waals surface area contributed by atoms with E-state index >= 15 is 0 Å². The smallest absolute Gasteiger partial charge is 0.0798 e. The molecule has 12 heavy (non-hydrogen) atoms. The van der Waals surface area contributed by atoms with E-state index in [0.29, 0.717) is 0 Å². The van der Waals surface area contributed by atoms with Crippen molar-refractivity contribution in [2.45, 2.75) is 19.4 Å². The second kappa shape index (κ2) is 4.40. The van der Waals surface area contributed by atoms with Gasteiger partial charge in [0.1, 0.15) is 0 Å². The molecule has 3 heteroatoms. The molecule has 0 aromatic heterocycles. The minimum Gasteiger partial charge on any atom is -0.388 e. The van der Waals surface area contributed by atoms with Crippen LogP contribution in [0.3, 0.4) is 0 Å². The fourth-order valence-electron chi connectivity index (χ4n) is 0.998. The average molecular weight is 294 g/mol. The number of benzene rings is 1. The summed E-state index contributed by atoms with van der Waals surface area (Å²) >= 11 is 6.80. The first-order valence-electron chi connectivity index (χ1n) is 3.78. The quantitative estimate of drug-likeness (QED) is 0.882. The maximum atomic E-state index is 9.58. The normalized spacial score (nSPS) is 13.0. The summed E-state index contributed by atoms with van der Waals surface area (Å²) in [6.45, 7) is 1.96. The minimum absolute atomic E-state index is 0.378. The van der Waals surface area contributed by atoms with E-state index in [1.807, 2.05) is 25.1 Å². The van der Waals surface area contributed by atoms with Crippen molar-refractivity contribution in [3.05, 3.63) is 32.7 Å². The van der Waals surface area contributed by atoms with Gasteiger partial charge in [-0.15, -0.1) is 0 Å². The summed E-state index contributed by atoms with van der Waals surface area (Å²) in [5.41, 5.74) is 0.937. The molecule has 0 aliphatic rings. The first kappa shape index (κ1) is 10.2. The lowest BCUT2D eigenvalue weighted by Crippen LogP contribution is -1.96. The van der Waals surface area contributed by atoms with E-state index in [4.69, 9.17) is 0 Å². The number of hydrogen-bond donors (Lipinski definition) is 1. The zero-order valence-corrected chi connectivity index (χ0v) is 9.89. The first-order chi connectivity index (χ1) is 5.66. The molecule has 0 heterocycles. The van der Waals surface area contributed by atoms with Crippen molar-refractivity contribution in [2.75, 3.05) is 0 Å². The Morgan fingerprint density at radius 3 is 2.67 bits per heavy atom. The van der Waals surface area contributed by atoms with E-state index in [-0.39, 0.29) is 6.10 Å². The van der Waals surface area contributed by atoms with Gasteiger partial charge in [0.25, 0.3) is 0 Å². The SMILES string of the molecule is CCC(O)c1cccc(Br)c1Br. The first-order valence-corrected chi connectivity index (χ1v) is 5.37. The van der Waals surface area contributed by atoms with E-state index in [2.05, 4.69) is 31.9 Å². The summed E-state index contributed by atoms with van der Waals surface area (Å²) in [5.74, 6) is 0. The van der Waals surface area contributed by atoms with Crippen molar-refractivity contribution >= 4 is 31.9 Å². The Labute approximate surface area is 89.1 Å². The van der Waals surface area contributed by atoms with Crippen LogP contribution in [-0.2, 0) is 0 Å². The van der Waals surface area contributed by atoms with Crippen LogP contribution in [0, 0.1) is 0 Å². The predicted octanol–water partition coefficient (Wildman–Crippen LogP) is 3.66. The van der Waals surface area contributed by atoms with Crippen LogP contribution in [-0.4, -0.2) is 5.11 Å². The van der Waals surface area contributed by atoms with Crippen molar-refractivity contribution in [3.63, 3.8) is 0 Å². The minimum atomic E-state index is -0.378. The zero-order valence-electron chi connectivity index (χ0n) is 6.72. The Hall–Kier alpha value is 0.140. The highest BCUT2D eigenvalue weighted by Crippen LogP contribution is 2.31. The second-order valence-electron chi connectivity index (χ2n) is 2.57. The van der Waals surface area contributed by atoms with Crippen LogP contribution in [0.25, 0.3) is 0 Å². The molecule has 0 fully saturated rings. The summed E-state index contributed by atoms with van der Waals surface area (Å²) < 4.78 is 1.92. The van der Waals surface area contributed by atoms with Crippen molar-refractivity contribution in [1.82, 2.24) is 0 Å². The second-order valence-corrected chi connectivity index (χ2v) is 4.21. The fourth-order valence-corrected chi connectivity index (χ4v) is 1.91. The van der Waals surface area contributed by atoms with Gasteiger partial charge in [0.15, 0.2) is 0 Å². The molecule has 1 unspecified atom stereocenters. The van der Waals surface area contributed by atoms with E-state index in [1.54, 1.807) is 0 Å². The Bertz CT molecular complexity index is 273. The van der Waals surface area contributed by atoms with Crippen LogP contribution in [0.5, 0.6) is 0 Å². The molecule has 0 aliphatic carbocycles. The molecule has 1 aromatic carbocycles. The van der Waals surface area contributed by atoms with Crippen LogP contribution in [0.4, 0.5) is 0 Å². The van der Waals surface area contributed by atoms with Crippen LogP contribution < -0.4 is 0 Å². The Morgan fingerprint density at radius 1 is 1.42 bits per heavy atom. The number of halogens is 2. The van der Waals surface area contributed by atoms with E-state index in [0.717, 1.165) is 20.9 Å². The highest BCUT2D eigenvalue weighted by atomic mass is 79.9. The number of rotatable bonds is 2. The van der Waals surface area contributed by atoms with Gasteiger partial charge in [-0.05, 0) is 49.9 Å². The van der Waals surface area contributed by atoms with Gasteiger partial charge in [0.05, 0.1) is 6.10 Å². The van der Waals surface area contributed by atoms with Crippen molar-refractivity contribution in [3.8, 4) is 0 Å². The summed E-state index contributed by atoms with van der Waals surface area (Å²) in [6, 6.07) is 5.78. The summed E-state index contributed by atoms with van der Waals surface area (Å²) in [7, 11) is 0. The molecule has 0 spiro atoms. The van der Waals surface area contributed by atoms with Crippen LogP contribution >= 0.6 is 31.9 Å². The maximum Gasteiger partial charge on any atom is 0.0798 e. The maximum absolute atomic E-state index is 9.58. The number of hydrogen-bond acceptors (Lipinski definition) is 1. The van der Waals surface area contributed by atoms with Gasteiger partial charge in [-0.2, -0.15) is 0 Å². The van der Waals surface area contributed by atoms with Crippen molar-refractivity contribution in [1.29, 1.82) is 0 Å². The standard InChI is InChI=1S/C9H10Br2O/c1-2-8(12)6-4-3-5-7(10)9(6)11/h3-5,8,12H,2H2,1H3.